The number of nitrogens with one attached hydrogen (secondary N) is 1. The van der Waals surface area contributed by atoms with Gasteiger partial charge in [0.15, 0.2) is 0 Å². The number of hydrogen-bond donors (Lipinski definition) is 2. The normalized spacial score (nSPS) is 10.7. The van der Waals surface area contributed by atoms with Crippen LogP contribution in [0.2, 0.25) is 0 Å². The first-order chi connectivity index (χ1) is 10.2. The van der Waals surface area contributed by atoms with Crippen LogP contribution in [0, 0.1) is 0 Å². The summed E-state index contributed by atoms with van der Waals surface area (Å²) in [6.45, 7) is 0.342. The van der Waals surface area contributed by atoms with Gasteiger partial charge in [-0.3, -0.25) is 14.5 Å². The maximum Gasteiger partial charge on any atom is 0.252 e. The molecule has 6 heteroatoms. The topological polar surface area (TPSA) is 85.8 Å². The molecule has 0 fully saturated rings. The number of amides is 1. The lowest BCUT2D eigenvalue weighted by molar-refractivity contribution is 0.0952. The standard InChI is InChI=1S/C15H15N5O/c1-20-14(16)10(9-19-20)8-18-15(21)12-4-2-6-13-11(12)5-3-7-17-13/h2-7,9H,8,16H2,1H3,(H,18,21). The largest absolute Gasteiger partial charge is 0.384 e. The molecule has 3 aromatic rings. The summed E-state index contributed by atoms with van der Waals surface area (Å²) < 4.78 is 1.57. The van der Waals surface area contributed by atoms with Crippen molar-refractivity contribution in [2.45, 2.75) is 6.54 Å². The Hall–Kier alpha value is -2.89. The number of nitrogen functional groups attached to an aromatic ring is 1. The molecular formula is C15H15N5O. The van der Waals surface area contributed by atoms with Gasteiger partial charge in [-0.2, -0.15) is 5.10 Å². The van der Waals surface area contributed by atoms with E-state index in [9.17, 15) is 4.79 Å². The number of benzene rings is 1. The van der Waals surface area contributed by atoms with Gasteiger partial charge in [-0.25, -0.2) is 0 Å². The third-order valence-corrected chi connectivity index (χ3v) is 3.39. The second-order valence-electron chi connectivity index (χ2n) is 4.74. The fraction of sp³-hybridized carbons (Fsp3) is 0.133. The van der Waals surface area contributed by atoms with Crippen LogP contribution >= 0.6 is 0 Å². The fourth-order valence-electron chi connectivity index (χ4n) is 2.20. The monoisotopic (exact) mass is 281 g/mol. The number of aryl methyl sites for hydroxylation is 1. The van der Waals surface area contributed by atoms with E-state index < -0.39 is 0 Å². The predicted molar refractivity (Wildman–Crippen MR) is 80.5 cm³/mol. The highest BCUT2D eigenvalue weighted by Gasteiger charge is 2.11. The van der Waals surface area contributed by atoms with Gasteiger partial charge in [-0.15, -0.1) is 0 Å². The quantitative estimate of drug-likeness (QED) is 0.761. The van der Waals surface area contributed by atoms with Crippen LogP contribution < -0.4 is 11.1 Å². The van der Waals surface area contributed by atoms with E-state index >= 15 is 0 Å². The molecule has 0 radical (unpaired) electrons. The van der Waals surface area contributed by atoms with Crippen LogP contribution in [0.1, 0.15) is 15.9 Å². The number of nitrogens with zero attached hydrogens (tertiary/aromatic N) is 3. The Morgan fingerprint density at radius 3 is 2.95 bits per heavy atom. The smallest absolute Gasteiger partial charge is 0.252 e. The number of rotatable bonds is 3. The van der Waals surface area contributed by atoms with Crippen LogP contribution in [0.3, 0.4) is 0 Å². The Labute approximate surface area is 121 Å². The summed E-state index contributed by atoms with van der Waals surface area (Å²) in [4.78, 5) is 16.6. The number of pyridine rings is 1. The number of hydrogen-bond acceptors (Lipinski definition) is 4. The molecule has 2 aromatic heterocycles. The van der Waals surface area contributed by atoms with Crippen molar-refractivity contribution in [1.82, 2.24) is 20.1 Å². The highest BCUT2D eigenvalue weighted by molar-refractivity contribution is 6.06. The van der Waals surface area contributed by atoms with Crippen LogP contribution in [-0.2, 0) is 13.6 Å². The molecule has 0 atom stereocenters. The third kappa shape index (κ3) is 2.43. The number of nitrogens with two attached hydrogens (primary N) is 1. The molecule has 2 heterocycles. The molecule has 0 bridgehead atoms. The average Bonchev–Trinajstić information content (AvgIpc) is 2.84. The zero-order valence-corrected chi connectivity index (χ0v) is 11.6. The Bertz CT molecular complexity index is 803. The van der Waals surface area contributed by atoms with Crippen molar-refractivity contribution in [3.8, 4) is 0 Å². The number of fused-ring (bicyclic) bond motifs is 1. The molecule has 3 rings (SSSR count). The van der Waals surface area contributed by atoms with E-state index in [-0.39, 0.29) is 5.91 Å². The van der Waals surface area contributed by atoms with Gasteiger partial charge in [-0.1, -0.05) is 12.1 Å². The molecule has 0 aliphatic heterocycles. The maximum atomic E-state index is 12.3. The molecule has 0 aliphatic rings. The lowest BCUT2D eigenvalue weighted by Gasteiger charge is -2.07. The molecule has 1 amide bonds. The molecule has 21 heavy (non-hydrogen) atoms. The van der Waals surface area contributed by atoms with Crippen LogP contribution in [0.4, 0.5) is 5.82 Å². The zero-order chi connectivity index (χ0) is 14.8. The summed E-state index contributed by atoms with van der Waals surface area (Å²) in [5.41, 5.74) is 8.05. The summed E-state index contributed by atoms with van der Waals surface area (Å²) >= 11 is 0. The van der Waals surface area contributed by atoms with Gasteiger partial charge in [-0.05, 0) is 18.2 Å². The highest BCUT2D eigenvalue weighted by atomic mass is 16.1. The summed E-state index contributed by atoms with van der Waals surface area (Å²) in [6, 6.07) is 9.19. The van der Waals surface area contributed by atoms with Gasteiger partial charge in [0.1, 0.15) is 5.82 Å². The first-order valence-corrected chi connectivity index (χ1v) is 6.55. The van der Waals surface area contributed by atoms with Crippen LogP contribution in [-0.4, -0.2) is 20.7 Å². The number of carbonyl (C=O) groups excluding carboxylic acids is 1. The van der Waals surface area contributed by atoms with Gasteiger partial charge < -0.3 is 11.1 Å². The first-order valence-electron chi connectivity index (χ1n) is 6.55. The van der Waals surface area contributed by atoms with Crippen molar-refractivity contribution >= 4 is 22.6 Å². The van der Waals surface area contributed by atoms with E-state index in [1.54, 1.807) is 30.2 Å². The van der Waals surface area contributed by atoms with Crippen molar-refractivity contribution in [3.05, 3.63) is 53.9 Å². The third-order valence-electron chi connectivity index (χ3n) is 3.39. The minimum absolute atomic E-state index is 0.156. The maximum absolute atomic E-state index is 12.3. The fourth-order valence-corrected chi connectivity index (χ4v) is 2.20. The minimum atomic E-state index is -0.156. The van der Waals surface area contributed by atoms with Gasteiger partial charge >= 0.3 is 0 Å². The van der Waals surface area contributed by atoms with Crippen molar-refractivity contribution in [1.29, 1.82) is 0 Å². The predicted octanol–water partition coefficient (Wildman–Crippen LogP) is 1.48. The average molecular weight is 281 g/mol. The second kappa shape index (κ2) is 5.24. The number of carbonyl (C=O) groups is 1. The van der Waals surface area contributed by atoms with Crippen molar-refractivity contribution in [2.24, 2.45) is 7.05 Å². The van der Waals surface area contributed by atoms with Crippen molar-refractivity contribution < 1.29 is 4.79 Å². The molecular weight excluding hydrogens is 266 g/mol. The van der Waals surface area contributed by atoms with Gasteiger partial charge in [0.25, 0.3) is 5.91 Å². The van der Waals surface area contributed by atoms with E-state index in [0.717, 1.165) is 16.5 Å². The van der Waals surface area contributed by atoms with E-state index in [2.05, 4.69) is 15.4 Å². The Balaban J connectivity index is 1.83. The van der Waals surface area contributed by atoms with E-state index in [1.807, 2.05) is 24.3 Å². The first kappa shape index (κ1) is 13.1. The molecule has 0 saturated heterocycles. The zero-order valence-electron chi connectivity index (χ0n) is 11.6. The summed E-state index contributed by atoms with van der Waals surface area (Å²) in [5, 5.41) is 7.74. The van der Waals surface area contributed by atoms with Crippen LogP contribution in [0.15, 0.2) is 42.7 Å². The van der Waals surface area contributed by atoms with Gasteiger partial charge in [0, 0.05) is 36.3 Å². The molecule has 0 spiro atoms. The summed E-state index contributed by atoms with van der Waals surface area (Å²) in [5.74, 6) is 0.395. The molecule has 106 valence electrons. The summed E-state index contributed by atoms with van der Waals surface area (Å²) in [7, 11) is 1.76. The molecule has 6 nitrogen and oxygen atoms in total. The van der Waals surface area contributed by atoms with E-state index in [0.29, 0.717) is 17.9 Å². The van der Waals surface area contributed by atoms with Gasteiger partial charge in [0.2, 0.25) is 0 Å². The summed E-state index contributed by atoms with van der Waals surface area (Å²) in [6.07, 6.45) is 3.36. The van der Waals surface area contributed by atoms with Crippen LogP contribution in [0.25, 0.3) is 10.9 Å². The van der Waals surface area contributed by atoms with E-state index in [4.69, 9.17) is 5.73 Å². The number of aromatic nitrogens is 3. The number of anilines is 1. The molecule has 0 saturated carbocycles. The minimum Gasteiger partial charge on any atom is -0.384 e. The molecule has 0 aliphatic carbocycles. The molecule has 1 aromatic carbocycles. The second-order valence-corrected chi connectivity index (χ2v) is 4.74. The molecule has 0 unspecified atom stereocenters. The Kier molecular flexibility index (Phi) is 3.27. The highest BCUT2D eigenvalue weighted by Crippen LogP contribution is 2.16. The Morgan fingerprint density at radius 2 is 2.19 bits per heavy atom. The SMILES string of the molecule is Cn1ncc(CNC(=O)c2cccc3ncccc23)c1N. The Morgan fingerprint density at radius 1 is 1.33 bits per heavy atom. The molecule has 3 N–H and O–H groups in total. The lowest BCUT2D eigenvalue weighted by atomic mass is 10.1. The van der Waals surface area contributed by atoms with E-state index in [1.165, 1.54) is 0 Å². The van der Waals surface area contributed by atoms with Crippen molar-refractivity contribution in [3.63, 3.8) is 0 Å². The lowest BCUT2D eigenvalue weighted by Crippen LogP contribution is -2.23. The van der Waals surface area contributed by atoms with Crippen LogP contribution in [0.5, 0.6) is 0 Å². The van der Waals surface area contributed by atoms with Crippen molar-refractivity contribution in [2.75, 3.05) is 5.73 Å². The van der Waals surface area contributed by atoms with Gasteiger partial charge in [0.05, 0.1) is 11.7 Å².